The van der Waals surface area contributed by atoms with Gasteiger partial charge < -0.3 is 4.90 Å². The summed E-state index contributed by atoms with van der Waals surface area (Å²) >= 11 is 3.67. The van der Waals surface area contributed by atoms with Crippen LogP contribution in [0.1, 0.15) is 0 Å². The van der Waals surface area contributed by atoms with Crippen LogP contribution in [0.15, 0.2) is 141 Å². The van der Waals surface area contributed by atoms with Gasteiger partial charge in [0.15, 0.2) is 0 Å². The molecule has 0 saturated carbocycles. The van der Waals surface area contributed by atoms with Crippen LogP contribution in [0.5, 0.6) is 0 Å². The molecule has 0 unspecified atom stereocenters. The molecule has 3 aliphatic heterocycles. The molecule has 0 atom stereocenters. The van der Waals surface area contributed by atoms with E-state index in [9.17, 15) is 0 Å². The van der Waals surface area contributed by atoms with Crippen molar-refractivity contribution >= 4 is 52.5 Å². The molecule has 34 heavy (non-hydrogen) atoms. The summed E-state index contributed by atoms with van der Waals surface area (Å²) in [4.78, 5) is 7.39. The molecule has 0 spiro atoms. The lowest BCUT2D eigenvalue weighted by Gasteiger charge is -2.46. The molecule has 0 N–H and O–H groups in total. The van der Waals surface area contributed by atoms with E-state index in [-0.39, 0.29) is 6.71 Å². The summed E-state index contributed by atoms with van der Waals surface area (Å²) in [6.45, 7) is 8.97. The largest absolute Gasteiger partial charge is 0.307 e. The Balaban J connectivity index is 1.53. The summed E-state index contributed by atoms with van der Waals surface area (Å²) in [5.41, 5.74) is 10.1. The van der Waals surface area contributed by atoms with Crippen LogP contribution < -0.4 is 15.8 Å². The van der Waals surface area contributed by atoms with Gasteiger partial charge in [-0.3, -0.25) is 0 Å². The van der Waals surface area contributed by atoms with Crippen LogP contribution in [0, 0.1) is 0 Å². The summed E-state index contributed by atoms with van der Waals surface area (Å²) in [6, 6.07) is 32.8. The minimum absolute atomic E-state index is 0.143. The first-order valence-corrected chi connectivity index (χ1v) is 13.0. The summed E-state index contributed by atoms with van der Waals surface area (Å²) in [7, 11) is 0. The van der Waals surface area contributed by atoms with E-state index in [1.165, 1.54) is 59.3 Å². The zero-order valence-corrected chi connectivity index (χ0v) is 20.1. The van der Waals surface area contributed by atoms with E-state index in [1.54, 1.807) is 11.8 Å². The second-order valence-corrected chi connectivity index (χ2v) is 10.9. The number of nitrogens with zero attached hydrogens (tertiary/aromatic N) is 1. The number of thioether (sulfide) groups is 1. The number of para-hydroxylation sites is 1. The summed E-state index contributed by atoms with van der Waals surface area (Å²) in [5.74, 6) is 0. The molecule has 0 bridgehead atoms. The van der Waals surface area contributed by atoms with Crippen molar-refractivity contribution in [2.75, 3.05) is 4.90 Å². The van der Waals surface area contributed by atoms with Crippen molar-refractivity contribution in [3.8, 4) is 11.1 Å². The first-order chi connectivity index (χ1) is 16.7. The summed E-state index contributed by atoms with van der Waals surface area (Å²) < 4.78 is 0. The molecule has 4 aromatic rings. The predicted octanol–water partition coefficient (Wildman–Crippen LogP) is 7.18. The first kappa shape index (κ1) is 20.1. The van der Waals surface area contributed by atoms with Crippen molar-refractivity contribution < 1.29 is 0 Å². The Kier molecular flexibility index (Phi) is 4.48. The molecule has 160 valence electrons. The van der Waals surface area contributed by atoms with Crippen molar-refractivity contribution in [1.82, 2.24) is 0 Å². The quantitative estimate of drug-likeness (QED) is 0.293. The number of hydrogen-bond donors (Lipinski definition) is 0. The Morgan fingerprint density at radius 1 is 0.706 bits per heavy atom. The van der Waals surface area contributed by atoms with E-state index in [4.69, 9.17) is 0 Å². The number of anilines is 2. The Morgan fingerprint density at radius 2 is 1.41 bits per heavy atom. The van der Waals surface area contributed by atoms with Gasteiger partial charge in [-0.2, -0.15) is 0 Å². The number of benzene rings is 4. The Bertz CT molecular complexity index is 1540. The molecule has 0 aromatic heterocycles. The maximum absolute atomic E-state index is 4.56. The van der Waals surface area contributed by atoms with E-state index in [0.29, 0.717) is 0 Å². The fraction of sp³-hybridized carbons (Fsp3) is 0. The fourth-order valence-corrected chi connectivity index (χ4v) is 7.72. The van der Waals surface area contributed by atoms with Gasteiger partial charge in [0.1, 0.15) is 0 Å². The Morgan fingerprint density at radius 3 is 2.15 bits per heavy atom. The van der Waals surface area contributed by atoms with Crippen LogP contribution in [0.2, 0.25) is 0 Å². The molecule has 0 saturated heterocycles. The van der Waals surface area contributed by atoms with Crippen LogP contribution in [-0.4, -0.2) is 6.71 Å². The van der Waals surface area contributed by atoms with Crippen LogP contribution in [0.3, 0.4) is 0 Å². The van der Waals surface area contributed by atoms with E-state index >= 15 is 0 Å². The molecule has 0 aliphatic carbocycles. The maximum Gasteiger partial charge on any atom is 0.246 e. The third kappa shape index (κ3) is 2.79. The second-order valence-electron chi connectivity index (χ2n) is 8.70. The Labute approximate surface area is 209 Å². The van der Waals surface area contributed by atoms with Crippen molar-refractivity contribution in [2.45, 2.75) is 14.7 Å². The van der Waals surface area contributed by atoms with Gasteiger partial charge in [-0.1, -0.05) is 121 Å². The minimum Gasteiger partial charge on any atom is -0.307 e. The van der Waals surface area contributed by atoms with Gasteiger partial charge in [-0.25, -0.2) is 0 Å². The average molecular weight is 469 g/mol. The van der Waals surface area contributed by atoms with Gasteiger partial charge in [0, 0.05) is 19.6 Å². The number of rotatable bonds is 3. The topological polar surface area (TPSA) is 3.24 Å². The molecule has 1 nitrogen and oxygen atoms in total. The van der Waals surface area contributed by atoms with Gasteiger partial charge in [0.25, 0.3) is 0 Å². The Hall–Kier alpha value is -3.34. The van der Waals surface area contributed by atoms with Crippen LogP contribution in [-0.2, 0) is 0 Å². The molecule has 0 radical (unpaired) electrons. The lowest BCUT2D eigenvalue weighted by atomic mass is 9.34. The second kappa shape index (κ2) is 7.59. The molecule has 4 aromatic carbocycles. The monoisotopic (exact) mass is 469 g/mol. The average Bonchev–Trinajstić information content (AvgIpc) is 2.88. The molecule has 3 aliphatic rings. The van der Waals surface area contributed by atoms with Gasteiger partial charge in [-0.15, -0.1) is 0 Å². The van der Waals surface area contributed by atoms with Crippen LogP contribution >= 0.6 is 23.5 Å². The smallest absolute Gasteiger partial charge is 0.246 e. The van der Waals surface area contributed by atoms with E-state index in [2.05, 4.69) is 109 Å². The highest BCUT2D eigenvalue weighted by Crippen LogP contribution is 2.60. The lowest BCUT2D eigenvalue weighted by molar-refractivity contribution is 1.06. The third-order valence-corrected chi connectivity index (χ3v) is 8.86. The van der Waals surface area contributed by atoms with Crippen LogP contribution in [0.4, 0.5) is 11.4 Å². The molecule has 0 fully saturated rings. The fourth-order valence-electron chi connectivity index (χ4n) is 5.42. The highest BCUT2D eigenvalue weighted by Gasteiger charge is 2.43. The minimum atomic E-state index is 0.143. The van der Waals surface area contributed by atoms with Crippen molar-refractivity contribution in [2.24, 2.45) is 0 Å². The predicted molar refractivity (Wildman–Crippen MR) is 148 cm³/mol. The molecule has 3 heterocycles. The number of hydrogen-bond acceptors (Lipinski definition) is 3. The van der Waals surface area contributed by atoms with Crippen LogP contribution in [0.25, 0.3) is 11.1 Å². The van der Waals surface area contributed by atoms with Gasteiger partial charge in [0.2, 0.25) is 6.71 Å². The normalized spacial score (nSPS) is 15.4. The van der Waals surface area contributed by atoms with Crippen molar-refractivity contribution in [1.29, 1.82) is 0 Å². The van der Waals surface area contributed by atoms with E-state index in [1.807, 2.05) is 17.8 Å². The lowest BCUT2D eigenvalue weighted by Crippen LogP contribution is -2.51. The molecular weight excluding hydrogens is 449 g/mol. The molecule has 4 heteroatoms. The highest BCUT2D eigenvalue weighted by molar-refractivity contribution is 8.03. The van der Waals surface area contributed by atoms with Gasteiger partial charge in [-0.05, 0) is 40.3 Å². The molecule has 0 amide bonds. The number of allylic oxidation sites excluding steroid dienone is 2. The van der Waals surface area contributed by atoms with Crippen molar-refractivity contribution in [3.05, 3.63) is 126 Å². The third-order valence-electron chi connectivity index (χ3n) is 6.81. The zero-order valence-electron chi connectivity index (χ0n) is 18.5. The summed E-state index contributed by atoms with van der Waals surface area (Å²) in [6.07, 6.45) is 2.04. The summed E-state index contributed by atoms with van der Waals surface area (Å²) in [5, 5.41) is 0. The highest BCUT2D eigenvalue weighted by atomic mass is 32.2. The SMILES string of the molecule is C=CC1=C2C(=C)Sc3cc(-c4ccccc4)cc4c3N2c2c(cccc2B1c1ccccc1)S4. The van der Waals surface area contributed by atoms with Gasteiger partial charge in [0.05, 0.1) is 17.1 Å². The molecule has 7 rings (SSSR count). The maximum atomic E-state index is 4.56. The van der Waals surface area contributed by atoms with Gasteiger partial charge >= 0.3 is 0 Å². The zero-order chi connectivity index (χ0) is 22.8. The van der Waals surface area contributed by atoms with Crippen molar-refractivity contribution in [3.63, 3.8) is 0 Å². The standard InChI is InChI=1S/C30H20BNS2/c1-3-23-28-19(2)33-26-17-21(20-11-6-4-7-12-20)18-27-30(26)32(28)29-24(15-10-16-25(29)34-27)31(23)22-13-8-5-9-14-22/h3-18H,1-2H2. The molecular formula is C30H20BNS2. The van der Waals surface area contributed by atoms with E-state index < -0.39 is 0 Å². The van der Waals surface area contributed by atoms with E-state index in [0.717, 1.165) is 4.91 Å². The first-order valence-electron chi connectivity index (χ1n) is 11.4.